The number of amides is 1. The van der Waals surface area contributed by atoms with Crippen LogP contribution in [0.15, 0.2) is 28.7 Å². The number of aryl methyl sites for hydroxylation is 1. The predicted octanol–water partition coefficient (Wildman–Crippen LogP) is 4.12. The molecule has 0 radical (unpaired) electrons. The van der Waals surface area contributed by atoms with E-state index in [-0.39, 0.29) is 17.7 Å². The number of hydrogen-bond donors (Lipinski definition) is 1. The Kier molecular flexibility index (Phi) is 4.37. The Hall–Kier alpha value is -1.81. The molecule has 2 rings (SSSR count). The van der Waals surface area contributed by atoms with E-state index in [9.17, 15) is 4.79 Å². The minimum Gasteiger partial charge on any atom is -0.444 e. The summed E-state index contributed by atoms with van der Waals surface area (Å²) in [5.41, 5.74) is 1.29. The molecule has 0 aliphatic rings. The minimum absolute atomic E-state index is 0.142. The summed E-state index contributed by atoms with van der Waals surface area (Å²) in [5.74, 6) is 1.11. The summed E-state index contributed by atoms with van der Waals surface area (Å²) in [6, 6.07) is 6.98. The van der Waals surface area contributed by atoms with Gasteiger partial charge in [0.25, 0.3) is 0 Å². The second kappa shape index (κ2) is 5.90. The summed E-state index contributed by atoms with van der Waals surface area (Å²) in [6.07, 6.45) is 0.164. The molecule has 21 heavy (non-hydrogen) atoms. The Bertz CT molecular complexity index is 639. The van der Waals surface area contributed by atoms with Crippen LogP contribution in [0.25, 0.3) is 0 Å². The molecule has 0 unspecified atom stereocenters. The van der Waals surface area contributed by atoms with Crippen molar-refractivity contribution in [1.82, 2.24) is 4.98 Å². The highest BCUT2D eigenvalue weighted by Crippen LogP contribution is 2.24. The second-order valence-corrected chi connectivity index (χ2v) is 6.45. The highest BCUT2D eigenvalue weighted by molar-refractivity contribution is 6.30. The van der Waals surface area contributed by atoms with Gasteiger partial charge in [0.05, 0.1) is 12.1 Å². The molecule has 2 aromatic rings. The number of aromatic nitrogens is 1. The molecular weight excluding hydrogens is 288 g/mol. The van der Waals surface area contributed by atoms with Gasteiger partial charge in [0.1, 0.15) is 5.76 Å². The lowest BCUT2D eigenvalue weighted by Crippen LogP contribution is -2.14. The van der Waals surface area contributed by atoms with Gasteiger partial charge in [-0.1, -0.05) is 32.4 Å². The highest BCUT2D eigenvalue weighted by atomic mass is 35.5. The summed E-state index contributed by atoms with van der Waals surface area (Å²) >= 11 is 5.81. The molecule has 1 aromatic heterocycles. The van der Waals surface area contributed by atoms with E-state index in [4.69, 9.17) is 16.0 Å². The van der Waals surface area contributed by atoms with Crippen molar-refractivity contribution in [2.24, 2.45) is 0 Å². The molecule has 0 atom stereocenters. The number of carbonyl (C=O) groups excluding carboxylic acids is 1. The Morgan fingerprint density at radius 1 is 1.29 bits per heavy atom. The molecule has 1 amide bonds. The van der Waals surface area contributed by atoms with Crippen LogP contribution in [-0.2, 0) is 16.6 Å². The van der Waals surface area contributed by atoms with Crippen molar-refractivity contribution in [3.05, 3.63) is 46.6 Å². The number of hydrogen-bond acceptors (Lipinski definition) is 3. The Labute approximate surface area is 129 Å². The lowest BCUT2D eigenvalue weighted by molar-refractivity contribution is -0.115. The molecule has 1 aromatic carbocycles. The van der Waals surface area contributed by atoms with Crippen LogP contribution in [0.5, 0.6) is 0 Å². The molecule has 0 aliphatic carbocycles. The van der Waals surface area contributed by atoms with Crippen molar-refractivity contribution in [3.63, 3.8) is 0 Å². The van der Waals surface area contributed by atoms with Crippen LogP contribution >= 0.6 is 11.6 Å². The molecule has 5 heteroatoms. The van der Waals surface area contributed by atoms with Crippen molar-refractivity contribution < 1.29 is 9.21 Å². The maximum absolute atomic E-state index is 12.0. The van der Waals surface area contributed by atoms with E-state index in [0.29, 0.717) is 22.4 Å². The summed E-state index contributed by atoms with van der Waals surface area (Å²) in [6.45, 7) is 7.92. The smallest absolute Gasteiger partial charge is 0.232 e. The molecule has 0 spiro atoms. The van der Waals surface area contributed by atoms with E-state index in [0.717, 1.165) is 5.69 Å². The van der Waals surface area contributed by atoms with Crippen LogP contribution in [0.1, 0.15) is 38.1 Å². The van der Waals surface area contributed by atoms with Gasteiger partial charge in [-0.25, -0.2) is 4.98 Å². The number of oxazole rings is 1. The van der Waals surface area contributed by atoms with Crippen molar-refractivity contribution in [2.45, 2.75) is 39.5 Å². The molecule has 0 fully saturated rings. The average molecular weight is 307 g/mol. The monoisotopic (exact) mass is 306 g/mol. The fraction of sp³-hybridized carbons (Fsp3) is 0.375. The topological polar surface area (TPSA) is 55.1 Å². The zero-order valence-electron chi connectivity index (χ0n) is 12.7. The number of halogens is 1. The van der Waals surface area contributed by atoms with Crippen LogP contribution < -0.4 is 5.32 Å². The average Bonchev–Trinajstić information content (AvgIpc) is 2.74. The lowest BCUT2D eigenvalue weighted by atomic mass is 9.97. The van der Waals surface area contributed by atoms with Crippen LogP contribution in [-0.4, -0.2) is 10.9 Å². The number of rotatable bonds is 3. The molecule has 4 nitrogen and oxygen atoms in total. The third-order valence-electron chi connectivity index (χ3n) is 2.98. The molecule has 1 N–H and O–H groups in total. The third kappa shape index (κ3) is 4.08. The van der Waals surface area contributed by atoms with E-state index in [1.54, 1.807) is 24.3 Å². The van der Waals surface area contributed by atoms with Gasteiger partial charge < -0.3 is 9.73 Å². The molecule has 112 valence electrons. The first-order valence-corrected chi connectivity index (χ1v) is 7.16. The van der Waals surface area contributed by atoms with Crippen LogP contribution in [0, 0.1) is 6.92 Å². The number of benzene rings is 1. The van der Waals surface area contributed by atoms with Crippen molar-refractivity contribution >= 4 is 23.2 Å². The minimum atomic E-state index is -0.171. The summed E-state index contributed by atoms with van der Waals surface area (Å²) in [7, 11) is 0. The first-order valence-electron chi connectivity index (χ1n) is 6.78. The summed E-state index contributed by atoms with van der Waals surface area (Å²) in [4.78, 5) is 16.4. The normalized spacial score (nSPS) is 11.5. The number of nitrogens with zero attached hydrogens (tertiary/aromatic N) is 1. The fourth-order valence-corrected chi connectivity index (χ4v) is 1.92. The van der Waals surface area contributed by atoms with Gasteiger partial charge in [0.15, 0.2) is 5.89 Å². The van der Waals surface area contributed by atoms with Crippen LogP contribution in [0.3, 0.4) is 0 Å². The van der Waals surface area contributed by atoms with Gasteiger partial charge in [-0.05, 0) is 31.2 Å². The van der Waals surface area contributed by atoms with Gasteiger partial charge >= 0.3 is 0 Å². The van der Waals surface area contributed by atoms with Crippen molar-refractivity contribution in [1.29, 1.82) is 0 Å². The van der Waals surface area contributed by atoms with Crippen molar-refractivity contribution in [3.8, 4) is 0 Å². The van der Waals surface area contributed by atoms with E-state index in [1.807, 2.05) is 27.7 Å². The zero-order valence-corrected chi connectivity index (χ0v) is 13.4. The number of nitrogens with one attached hydrogen (secondary N) is 1. The van der Waals surface area contributed by atoms with Crippen molar-refractivity contribution in [2.75, 3.05) is 5.32 Å². The molecule has 0 bridgehead atoms. The first kappa shape index (κ1) is 15.6. The Balaban J connectivity index is 2.06. The van der Waals surface area contributed by atoms with Gasteiger partial charge in [0, 0.05) is 16.1 Å². The number of anilines is 1. The Morgan fingerprint density at radius 2 is 1.90 bits per heavy atom. The van der Waals surface area contributed by atoms with E-state index >= 15 is 0 Å². The van der Waals surface area contributed by atoms with E-state index in [2.05, 4.69) is 10.3 Å². The molecule has 0 aliphatic heterocycles. The maximum Gasteiger partial charge on any atom is 0.232 e. The third-order valence-corrected chi connectivity index (χ3v) is 3.24. The maximum atomic E-state index is 12.0. The van der Waals surface area contributed by atoms with Gasteiger partial charge in [-0.2, -0.15) is 0 Å². The largest absolute Gasteiger partial charge is 0.444 e. The fourth-order valence-electron chi connectivity index (χ4n) is 1.80. The predicted molar refractivity (Wildman–Crippen MR) is 83.7 cm³/mol. The summed E-state index contributed by atoms with van der Waals surface area (Å²) in [5, 5.41) is 3.44. The standard InChI is InChI=1S/C16H19ClN2O2/c1-10-13(21-15(18-10)16(2,3)4)9-14(20)19-12-7-5-11(17)6-8-12/h5-8H,9H2,1-4H3,(H,19,20). The SMILES string of the molecule is Cc1nc(C(C)(C)C)oc1CC(=O)Nc1ccc(Cl)cc1. The van der Waals surface area contributed by atoms with Gasteiger partial charge in [-0.3, -0.25) is 4.79 Å². The quantitative estimate of drug-likeness (QED) is 0.928. The molecule has 1 heterocycles. The lowest BCUT2D eigenvalue weighted by Gasteiger charge is -2.12. The molecule has 0 saturated carbocycles. The van der Waals surface area contributed by atoms with E-state index in [1.165, 1.54) is 0 Å². The zero-order chi connectivity index (χ0) is 15.6. The van der Waals surface area contributed by atoms with Gasteiger partial charge in [0.2, 0.25) is 5.91 Å². The van der Waals surface area contributed by atoms with Gasteiger partial charge in [-0.15, -0.1) is 0 Å². The Morgan fingerprint density at radius 3 is 2.43 bits per heavy atom. The van der Waals surface area contributed by atoms with E-state index < -0.39 is 0 Å². The highest BCUT2D eigenvalue weighted by Gasteiger charge is 2.23. The second-order valence-electron chi connectivity index (χ2n) is 6.01. The first-order chi connectivity index (χ1) is 9.75. The van der Waals surface area contributed by atoms with Crippen LogP contribution in [0.4, 0.5) is 5.69 Å². The van der Waals surface area contributed by atoms with Crippen LogP contribution in [0.2, 0.25) is 5.02 Å². The number of carbonyl (C=O) groups is 1. The molecular formula is C16H19ClN2O2. The summed E-state index contributed by atoms with van der Waals surface area (Å²) < 4.78 is 5.71. The molecule has 0 saturated heterocycles.